The molecule has 2 rings (SSSR count). The van der Waals surface area contributed by atoms with Gasteiger partial charge in [-0.15, -0.1) is 0 Å². The number of likely N-dealkylation sites (tertiary alicyclic amines) is 1. The predicted molar refractivity (Wildman–Crippen MR) is 94.2 cm³/mol. The van der Waals surface area contributed by atoms with Crippen molar-refractivity contribution < 1.29 is 9.53 Å². The van der Waals surface area contributed by atoms with Gasteiger partial charge in [0.25, 0.3) is 0 Å². The molecule has 0 saturated carbocycles. The van der Waals surface area contributed by atoms with Crippen LogP contribution in [0.3, 0.4) is 0 Å². The summed E-state index contributed by atoms with van der Waals surface area (Å²) in [6.45, 7) is 4.22. The van der Waals surface area contributed by atoms with Gasteiger partial charge < -0.3 is 20.3 Å². The number of nitrogens with zero attached hydrogens (tertiary/aromatic N) is 3. The number of carbonyl (C=O) groups excluding carboxylic acids is 1. The second-order valence-electron chi connectivity index (χ2n) is 5.52. The highest BCUT2D eigenvalue weighted by atomic mass is 35.5. The molecule has 24 heavy (non-hydrogen) atoms. The molecule has 1 aliphatic heterocycles. The zero-order valence-corrected chi connectivity index (χ0v) is 14.8. The highest BCUT2D eigenvalue weighted by Crippen LogP contribution is 2.11. The molecule has 132 valence electrons. The average Bonchev–Trinajstić information content (AvgIpc) is 2.60. The standard InChI is InChI=1S/C16H24ClN5O2/c1-3-24-16(23)22-8-6-13(7-9-22)21-15(18-2)20-11-12-4-5-14(17)19-10-12/h4-5,10,13H,3,6-9,11H2,1-2H3,(H2,18,20,21). The van der Waals surface area contributed by atoms with Gasteiger partial charge in [-0.05, 0) is 31.4 Å². The first-order valence-electron chi connectivity index (χ1n) is 8.11. The fourth-order valence-electron chi connectivity index (χ4n) is 2.51. The third kappa shape index (κ3) is 5.56. The van der Waals surface area contributed by atoms with Gasteiger partial charge in [0.05, 0.1) is 6.61 Å². The number of pyridine rings is 1. The van der Waals surface area contributed by atoms with Crippen LogP contribution in [0.4, 0.5) is 4.79 Å². The molecule has 1 saturated heterocycles. The maximum absolute atomic E-state index is 11.7. The minimum atomic E-state index is -0.228. The van der Waals surface area contributed by atoms with Gasteiger partial charge in [0.1, 0.15) is 5.15 Å². The van der Waals surface area contributed by atoms with Crippen LogP contribution in [-0.2, 0) is 11.3 Å². The van der Waals surface area contributed by atoms with Gasteiger partial charge >= 0.3 is 6.09 Å². The third-order valence-corrected chi connectivity index (χ3v) is 4.06. The van der Waals surface area contributed by atoms with E-state index in [4.69, 9.17) is 16.3 Å². The van der Waals surface area contributed by atoms with Crippen molar-refractivity contribution >= 4 is 23.7 Å². The summed E-state index contributed by atoms with van der Waals surface area (Å²) in [7, 11) is 1.74. The molecular weight excluding hydrogens is 330 g/mol. The van der Waals surface area contributed by atoms with Gasteiger partial charge in [0.15, 0.2) is 5.96 Å². The number of halogens is 1. The highest BCUT2D eigenvalue weighted by molar-refractivity contribution is 6.29. The summed E-state index contributed by atoms with van der Waals surface area (Å²) in [5.41, 5.74) is 1.03. The van der Waals surface area contributed by atoms with E-state index in [0.29, 0.717) is 31.4 Å². The van der Waals surface area contributed by atoms with Crippen molar-refractivity contribution in [3.05, 3.63) is 29.0 Å². The number of aromatic nitrogens is 1. The van der Waals surface area contributed by atoms with Crippen LogP contribution >= 0.6 is 11.6 Å². The predicted octanol–water partition coefficient (Wildman–Crippen LogP) is 2.02. The zero-order valence-electron chi connectivity index (χ0n) is 14.1. The van der Waals surface area contributed by atoms with Crippen molar-refractivity contribution in [1.82, 2.24) is 20.5 Å². The minimum Gasteiger partial charge on any atom is -0.450 e. The molecule has 2 N–H and O–H groups in total. The van der Waals surface area contributed by atoms with Crippen molar-refractivity contribution in [3.8, 4) is 0 Å². The van der Waals surface area contributed by atoms with E-state index in [1.165, 1.54) is 0 Å². The Morgan fingerprint density at radius 3 is 2.79 bits per heavy atom. The number of piperidine rings is 1. The van der Waals surface area contributed by atoms with E-state index in [1.54, 1.807) is 24.2 Å². The summed E-state index contributed by atoms with van der Waals surface area (Å²) < 4.78 is 5.03. The van der Waals surface area contributed by atoms with E-state index in [1.807, 2.05) is 13.0 Å². The van der Waals surface area contributed by atoms with Crippen molar-refractivity contribution in [1.29, 1.82) is 0 Å². The van der Waals surface area contributed by atoms with Crippen LogP contribution in [0.15, 0.2) is 23.3 Å². The van der Waals surface area contributed by atoms with Gasteiger partial charge in [-0.1, -0.05) is 17.7 Å². The number of rotatable bonds is 4. The first-order chi connectivity index (χ1) is 11.6. The van der Waals surface area contributed by atoms with Crippen LogP contribution in [0.2, 0.25) is 5.15 Å². The molecule has 8 heteroatoms. The van der Waals surface area contributed by atoms with Crippen LogP contribution in [0.25, 0.3) is 0 Å². The van der Waals surface area contributed by atoms with Crippen LogP contribution < -0.4 is 10.6 Å². The first kappa shape index (κ1) is 18.3. The summed E-state index contributed by atoms with van der Waals surface area (Å²) >= 11 is 5.78. The van der Waals surface area contributed by atoms with E-state index in [-0.39, 0.29) is 12.1 Å². The maximum Gasteiger partial charge on any atom is 0.409 e. The van der Waals surface area contributed by atoms with E-state index in [0.717, 1.165) is 24.4 Å². The Labute approximate surface area is 147 Å². The SMILES string of the molecule is CCOC(=O)N1CCC(NC(=NC)NCc2ccc(Cl)nc2)CC1. The Kier molecular flexibility index (Phi) is 7.11. The van der Waals surface area contributed by atoms with Crippen molar-refractivity contribution in [2.75, 3.05) is 26.7 Å². The molecule has 0 unspecified atom stereocenters. The molecule has 1 aliphatic rings. The number of hydrogen-bond acceptors (Lipinski definition) is 4. The van der Waals surface area contributed by atoms with E-state index in [9.17, 15) is 4.79 Å². The molecular formula is C16H24ClN5O2. The quantitative estimate of drug-likeness (QED) is 0.492. The van der Waals surface area contributed by atoms with Gasteiger partial charge in [-0.3, -0.25) is 4.99 Å². The number of amides is 1. The Morgan fingerprint density at radius 1 is 1.46 bits per heavy atom. The minimum absolute atomic E-state index is 0.228. The molecule has 0 atom stereocenters. The first-order valence-corrected chi connectivity index (χ1v) is 8.49. The second-order valence-corrected chi connectivity index (χ2v) is 5.91. The lowest BCUT2D eigenvalue weighted by Gasteiger charge is -2.32. The second kappa shape index (κ2) is 9.32. The zero-order chi connectivity index (χ0) is 17.4. The van der Waals surface area contributed by atoms with Gasteiger partial charge in [0.2, 0.25) is 0 Å². The van der Waals surface area contributed by atoms with E-state index in [2.05, 4.69) is 20.6 Å². The van der Waals surface area contributed by atoms with Crippen LogP contribution in [0.1, 0.15) is 25.3 Å². The van der Waals surface area contributed by atoms with Gasteiger partial charge in [-0.2, -0.15) is 0 Å². The van der Waals surface area contributed by atoms with Gasteiger partial charge in [-0.25, -0.2) is 9.78 Å². The smallest absolute Gasteiger partial charge is 0.409 e. The Morgan fingerprint density at radius 2 is 2.21 bits per heavy atom. The molecule has 0 aliphatic carbocycles. The molecule has 7 nitrogen and oxygen atoms in total. The van der Waals surface area contributed by atoms with E-state index < -0.39 is 0 Å². The average molecular weight is 354 g/mol. The number of nitrogens with one attached hydrogen (secondary N) is 2. The molecule has 1 fully saturated rings. The van der Waals surface area contributed by atoms with Crippen molar-refractivity contribution in [3.63, 3.8) is 0 Å². The summed E-state index contributed by atoms with van der Waals surface area (Å²) in [5, 5.41) is 7.13. The molecule has 0 aromatic carbocycles. The lowest BCUT2D eigenvalue weighted by molar-refractivity contribution is 0.0963. The monoisotopic (exact) mass is 353 g/mol. The lowest BCUT2D eigenvalue weighted by atomic mass is 10.1. The topological polar surface area (TPSA) is 78.8 Å². The number of carbonyl (C=O) groups is 1. The molecule has 0 spiro atoms. The van der Waals surface area contributed by atoms with Crippen LogP contribution in [-0.4, -0.2) is 54.7 Å². The summed E-state index contributed by atoms with van der Waals surface area (Å²) in [4.78, 5) is 21.7. The Bertz CT molecular complexity index is 556. The number of hydrogen-bond donors (Lipinski definition) is 2. The molecule has 1 aromatic rings. The molecule has 0 bridgehead atoms. The van der Waals surface area contributed by atoms with Gasteiger partial charge in [0, 0.05) is 38.9 Å². The number of guanidine groups is 1. The molecule has 1 amide bonds. The third-order valence-electron chi connectivity index (χ3n) is 3.83. The fraction of sp³-hybridized carbons (Fsp3) is 0.562. The number of ether oxygens (including phenoxy) is 1. The normalized spacial score (nSPS) is 16.0. The number of aliphatic imine (C=N–C) groups is 1. The molecule has 2 heterocycles. The Balaban J connectivity index is 1.75. The largest absolute Gasteiger partial charge is 0.450 e. The van der Waals surface area contributed by atoms with E-state index >= 15 is 0 Å². The van der Waals surface area contributed by atoms with Crippen molar-refractivity contribution in [2.45, 2.75) is 32.4 Å². The molecule has 0 radical (unpaired) electrons. The Hall–Kier alpha value is -2.02. The molecule has 1 aromatic heterocycles. The lowest BCUT2D eigenvalue weighted by Crippen LogP contribution is -2.49. The summed E-state index contributed by atoms with van der Waals surface area (Å²) in [6, 6.07) is 3.97. The van der Waals surface area contributed by atoms with Crippen LogP contribution in [0, 0.1) is 0 Å². The fourth-order valence-corrected chi connectivity index (χ4v) is 2.62. The summed E-state index contributed by atoms with van der Waals surface area (Å²) in [5.74, 6) is 0.736. The highest BCUT2D eigenvalue weighted by Gasteiger charge is 2.23. The summed E-state index contributed by atoms with van der Waals surface area (Å²) in [6.07, 6.45) is 3.23. The van der Waals surface area contributed by atoms with Crippen LogP contribution in [0.5, 0.6) is 0 Å². The maximum atomic E-state index is 11.7. The van der Waals surface area contributed by atoms with Crippen molar-refractivity contribution in [2.24, 2.45) is 4.99 Å².